The molecule has 0 aliphatic carbocycles. The van der Waals surface area contributed by atoms with Gasteiger partial charge in [0.15, 0.2) is 0 Å². The van der Waals surface area contributed by atoms with Crippen LogP contribution < -0.4 is 0 Å². The molecule has 1 nitrogen and oxygen atoms in total. The molecule has 1 aromatic rings. The minimum Gasteiger partial charge on any atom is -0.255 e. The second-order valence-electron chi connectivity index (χ2n) is 3.19. The molecule has 0 aliphatic heterocycles. The fourth-order valence-electron chi connectivity index (χ4n) is 1.12. The predicted octanol–water partition coefficient (Wildman–Crippen LogP) is 3.65. The largest absolute Gasteiger partial charge is 0.255 e. The second-order valence-corrected chi connectivity index (χ2v) is 5.66. The van der Waals surface area contributed by atoms with E-state index in [9.17, 15) is 4.21 Å². The summed E-state index contributed by atoms with van der Waals surface area (Å²) in [6, 6.07) is 7.89. The highest BCUT2D eigenvalue weighted by molar-refractivity contribution is 7.99. The van der Waals surface area contributed by atoms with Gasteiger partial charge >= 0.3 is 0 Å². The summed E-state index contributed by atoms with van der Waals surface area (Å²) in [6.45, 7) is 2.00. The first-order valence-corrected chi connectivity index (χ1v) is 7.62. The number of rotatable bonds is 5. The van der Waals surface area contributed by atoms with Crippen molar-refractivity contribution in [1.29, 1.82) is 0 Å². The summed E-state index contributed by atoms with van der Waals surface area (Å²) in [5.41, 5.74) is 0. The average molecular weight is 252 g/mol. The molecule has 1 unspecified atom stereocenters. The molecule has 16 heavy (non-hydrogen) atoms. The predicted molar refractivity (Wildman–Crippen MR) is 73.5 cm³/mol. The Hall–Kier alpha value is -0.800. The monoisotopic (exact) mass is 252 g/mol. The van der Waals surface area contributed by atoms with Gasteiger partial charge in [0.05, 0.1) is 0 Å². The van der Waals surface area contributed by atoms with Gasteiger partial charge in [-0.1, -0.05) is 24.3 Å². The summed E-state index contributed by atoms with van der Waals surface area (Å²) < 4.78 is 11.2. The van der Waals surface area contributed by atoms with Gasteiger partial charge in [-0.3, -0.25) is 4.21 Å². The van der Waals surface area contributed by atoms with Gasteiger partial charge in [-0.15, -0.1) is 11.8 Å². The van der Waals surface area contributed by atoms with Crippen molar-refractivity contribution in [3.8, 4) is 0 Å². The first-order valence-electron chi connectivity index (χ1n) is 5.08. The van der Waals surface area contributed by atoms with Crippen molar-refractivity contribution >= 4 is 22.6 Å². The van der Waals surface area contributed by atoms with Gasteiger partial charge in [-0.25, -0.2) is 0 Å². The number of hydrogen-bond acceptors (Lipinski definition) is 2. The maximum absolute atomic E-state index is 11.2. The highest BCUT2D eigenvalue weighted by atomic mass is 32.2. The van der Waals surface area contributed by atoms with Crippen LogP contribution in [-0.2, 0) is 10.8 Å². The summed E-state index contributed by atoms with van der Waals surface area (Å²) >= 11 is 1.77. The van der Waals surface area contributed by atoms with Crippen molar-refractivity contribution in [2.75, 3.05) is 12.0 Å². The molecule has 0 radical (unpaired) electrons. The Balaban J connectivity index is 2.46. The first-order chi connectivity index (χ1) is 7.74. The molecule has 1 rings (SSSR count). The molecular formula is C13H16OS2. The summed E-state index contributed by atoms with van der Waals surface area (Å²) in [4.78, 5) is 2.09. The molecular weight excluding hydrogens is 236 g/mol. The van der Waals surface area contributed by atoms with E-state index in [0.717, 1.165) is 10.6 Å². The van der Waals surface area contributed by atoms with E-state index >= 15 is 0 Å². The third-order valence-corrected chi connectivity index (χ3v) is 3.84. The van der Waals surface area contributed by atoms with E-state index in [1.165, 1.54) is 4.90 Å². The van der Waals surface area contributed by atoms with Crippen molar-refractivity contribution in [3.63, 3.8) is 0 Å². The van der Waals surface area contributed by atoms with E-state index in [2.05, 4.69) is 6.08 Å². The summed E-state index contributed by atoms with van der Waals surface area (Å²) in [7, 11) is -0.880. The third kappa shape index (κ3) is 4.81. The quantitative estimate of drug-likeness (QED) is 0.588. The summed E-state index contributed by atoms with van der Waals surface area (Å²) in [5.74, 6) is 0.957. The van der Waals surface area contributed by atoms with Crippen molar-refractivity contribution in [3.05, 3.63) is 48.6 Å². The Morgan fingerprint density at radius 2 is 1.94 bits per heavy atom. The molecule has 0 spiro atoms. The van der Waals surface area contributed by atoms with Gasteiger partial charge < -0.3 is 0 Å². The molecule has 0 aliphatic rings. The van der Waals surface area contributed by atoms with Crippen LogP contribution in [0.5, 0.6) is 0 Å². The second kappa shape index (κ2) is 7.47. The molecule has 0 amide bonds. The molecule has 0 heterocycles. The van der Waals surface area contributed by atoms with Crippen LogP contribution in [0.2, 0.25) is 0 Å². The maximum atomic E-state index is 11.2. The summed E-state index contributed by atoms with van der Waals surface area (Å²) in [5, 5.41) is 0. The lowest BCUT2D eigenvalue weighted by molar-refractivity contribution is 0.686. The van der Waals surface area contributed by atoms with Gasteiger partial charge in [0.2, 0.25) is 0 Å². The van der Waals surface area contributed by atoms with Gasteiger partial charge in [0, 0.05) is 32.6 Å². The number of hydrogen-bond donors (Lipinski definition) is 0. The van der Waals surface area contributed by atoms with Crippen LogP contribution in [0.3, 0.4) is 0 Å². The van der Waals surface area contributed by atoms with E-state index in [1.807, 2.05) is 49.4 Å². The van der Waals surface area contributed by atoms with Crippen LogP contribution >= 0.6 is 11.8 Å². The molecule has 0 aromatic heterocycles. The van der Waals surface area contributed by atoms with Crippen LogP contribution in [0.4, 0.5) is 0 Å². The molecule has 86 valence electrons. The lowest BCUT2D eigenvalue weighted by Gasteiger charge is -1.99. The van der Waals surface area contributed by atoms with Crippen molar-refractivity contribution < 1.29 is 4.21 Å². The minimum absolute atomic E-state index is 0.880. The van der Waals surface area contributed by atoms with Crippen LogP contribution in [0, 0.1) is 0 Å². The Morgan fingerprint density at radius 1 is 1.25 bits per heavy atom. The van der Waals surface area contributed by atoms with Crippen LogP contribution in [0.1, 0.15) is 6.92 Å². The van der Waals surface area contributed by atoms with E-state index in [-0.39, 0.29) is 0 Å². The van der Waals surface area contributed by atoms with E-state index in [0.29, 0.717) is 0 Å². The number of allylic oxidation sites excluding steroid dienone is 3. The van der Waals surface area contributed by atoms with Crippen molar-refractivity contribution in [2.45, 2.75) is 16.7 Å². The zero-order valence-electron chi connectivity index (χ0n) is 9.55. The SMILES string of the molecule is C/C=C\C=C/CSc1ccc(S(C)=O)cc1. The van der Waals surface area contributed by atoms with Gasteiger partial charge in [-0.2, -0.15) is 0 Å². The van der Waals surface area contributed by atoms with Crippen LogP contribution in [-0.4, -0.2) is 16.2 Å². The van der Waals surface area contributed by atoms with E-state index in [1.54, 1.807) is 18.0 Å². The summed E-state index contributed by atoms with van der Waals surface area (Å²) in [6.07, 6.45) is 9.89. The smallest absolute Gasteiger partial charge is 0.0498 e. The van der Waals surface area contributed by atoms with Gasteiger partial charge in [-0.05, 0) is 31.2 Å². The number of thioether (sulfide) groups is 1. The average Bonchev–Trinajstić information content (AvgIpc) is 2.29. The molecule has 0 N–H and O–H groups in total. The standard InChI is InChI=1S/C13H16OS2/c1-3-4-5-6-11-15-12-7-9-13(10-8-12)16(2)14/h3-10H,11H2,1-2H3/b4-3-,6-5-. The maximum Gasteiger partial charge on any atom is 0.0498 e. The van der Waals surface area contributed by atoms with Crippen molar-refractivity contribution in [1.82, 2.24) is 0 Å². The number of benzene rings is 1. The van der Waals surface area contributed by atoms with Crippen LogP contribution in [0.15, 0.2) is 58.4 Å². The van der Waals surface area contributed by atoms with Gasteiger partial charge in [0.25, 0.3) is 0 Å². The Bertz CT molecular complexity index is 391. The fraction of sp³-hybridized carbons (Fsp3) is 0.231. The lowest BCUT2D eigenvalue weighted by atomic mass is 10.4. The van der Waals surface area contributed by atoms with Gasteiger partial charge in [0.1, 0.15) is 0 Å². The Labute approximate surface area is 104 Å². The third-order valence-electron chi connectivity index (χ3n) is 1.94. The first kappa shape index (κ1) is 13.3. The highest BCUT2D eigenvalue weighted by Gasteiger charge is 1.97. The van der Waals surface area contributed by atoms with Crippen LogP contribution in [0.25, 0.3) is 0 Å². The minimum atomic E-state index is -0.880. The highest BCUT2D eigenvalue weighted by Crippen LogP contribution is 2.19. The molecule has 1 aromatic carbocycles. The normalized spacial score (nSPS) is 13.6. The molecule has 0 saturated carbocycles. The zero-order valence-corrected chi connectivity index (χ0v) is 11.2. The van der Waals surface area contributed by atoms with E-state index in [4.69, 9.17) is 0 Å². The van der Waals surface area contributed by atoms with Crippen molar-refractivity contribution in [2.24, 2.45) is 0 Å². The Kier molecular flexibility index (Phi) is 6.19. The topological polar surface area (TPSA) is 17.1 Å². The molecule has 1 atom stereocenters. The molecule has 0 bridgehead atoms. The molecule has 3 heteroatoms. The molecule has 0 saturated heterocycles. The fourth-order valence-corrected chi connectivity index (χ4v) is 2.36. The lowest BCUT2D eigenvalue weighted by Crippen LogP contribution is -1.86. The zero-order chi connectivity index (χ0) is 11.8. The Morgan fingerprint density at radius 3 is 2.50 bits per heavy atom. The van der Waals surface area contributed by atoms with E-state index < -0.39 is 10.8 Å². The molecule has 0 fully saturated rings.